The first-order chi connectivity index (χ1) is 9.30. The number of para-hydroxylation sites is 1. The van der Waals surface area contributed by atoms with Gasteiger partial charge in [-0.2, -0.15) is 4.98 Å². The molecule has 2 aromatic rings. The second-order valence-corrected chi connectivity index (χ2v) is 6.47. The van der Waals surface area contributed by atoms with E-state index in [1.807, 2.05) is 32.3 Å². The van der Waals surface area contributed by atoms with Crippen molar-refractivity contribution >= 4 is 10.9 Å². The number of hydrogen-bond acceptors (Lipinski definition) is 3. The van der Waals surface area contributed by atoms with Crippen molar-refractivity contribution in [3.05, 3.63) is 40.4 Å². The molecule has 1 heterocycles. The molecule has 4 nitrogen and oxygen atoms in total. The zero-order valence-corrected chi connectivity index (χ0v) is 13.0. The van der Waals surface area contributed by atoms with Gasteiger partial charge in [0, 0.05) is 23.9 Å². The van der Waals surface area contributed by atoms with Gasteiger partial charge in [-0.25, -0.2) is 4.79 Å². The van der Waals surface area contributed by atoms with Crippen LogP contribution in [0.25, 0.3) is 10.9 Å². The molecule has 0 aliphatic carbocycles. The van der Waals surface area contributed by atoms with E-state index in [4.69, 9.17) is 0 Å². The van der Waals surface area contributed by atoms with Crippen molar-refractivity contribution < 1.29 is 0 Å². The lowest BCUT2D eigenvalue weighted by Gasteiger charge is -2.21. The maximum absolute atomic E-state index is 12.3. The molecular formula is C17H27N3O. The van der Waals surface area contributed by atoms with Crippen LogP contribution in [0.3, 0.4) is 0 Å². The summed E-state index contributed by atoms with van der Waals surface area (Å²) in [5.74, 6) is 0. The highest BCUT2D eigenvalue weighted by Crippen LogP contribution is 2.26. The van der Waals surface area contributed by atoms with Crippen LogP contribution in [0.5, 0.6) is 0 Å². The van der Waals surface area contributed by atoms with Crippen molar-refractivity contribution in [3.8, 4) is 0 Å². The van der Waals surface area contributed by atoms with Crippen LogP contribution in [0, 0.1) is 0 Å². The number of aromatic nitrogens is 2. The van der Waals surface area contributed by atoms with Gasteiger partial charge in [0.15, 0.2) is 0 Å². The Labute approximate surface area is 127 Å². The Morgan fingerprint density at radius 3 is 2.38 bits per heavy atom. The molecule has 0 radical (unpaired) electrons. The van der Waals surface area contributed by atoms with Crippen molar-refractivity contribution in [1.29, 1.82) is 0 Å². The van der Waals surface area contributed by atoms with E-state index in [0.29, 0.717) is 6.54 Å². The Bertz CT molecular complexity index is 666. The van der Waals surface area contributed by atoms with Gasteiger partial charge in [-0.1, -0.05) is 46.4 Å². The molecule has 1 aromatic heterocycles. The molecule has 0 spiro atoms. The molecule has 0 aliphatic rings. The first kappa shape index (κ1) is 17.4. The molecule has 0 aliphatic heterocycles. The fourth-order valence-corrected chi connectivity index (χ4v) is 2.32. The molecule has 0 N–H and O–H groups in total. The molecule has 0 unspecified atom stereocenters. The predicted molar refractivity (Wildman–Crippen MR) is 90.0 cm³/mol. The van der Waals surface area contributed by atoms with Gasteiger partial charge in [0.05, 0.1) is 11.2 Å². The Hall–Kier alpha value is -1.68. The molecule has 0 amide bonds. The van der Waals surface area contributed by atoms with Crippen LogP contribution >= 0.6 is 0 Å². The summed E-state index contributed by atoms with van der Waals surface area (Å²) in [6.07, 6.45) is 0. The topological polar surface area (TPSA) is 38.1 Å². The molecule has 4 heteroatoms. The van der Waals surface area contributed by atoms with Crippen molar-refractivity contribution in [2.75, 3.05) is 20.6 Å². The lowest BCUT2D eigenvalue weighted by Crippen LogP contribution is -2.31. The summed E-state index contributed by atoms with van der Waals surface area (Å²) in [4.78, 5) is 18.8. The predicted octanol–water partition coefficient (Wildman–Crippen LogP) is 2.89. The van der Waals surface area contributed by atoms with Crippen LogP contribution in [-0.4, -0.2) is 35.1 Å². The fourth-order valence-electron chi connectivity index (χ4n) is 2.32. The zero-order chi connectivity index (χ0) is 14.9. The van der Waals surface area contributed by atoms with E-state index in [-0.39, 0.29) is 18.5 Å². The number of likely N-dealkylation sites (N-methyl/N-ethyl adjacent to an activating group) is 1. The summed E-state index contributed by atoms with van der Waals surface area (Å²) < 4.78 is 1.77. The Morgan fingerprint density at radius 2 is 1.81 bits per heavy atom. The summed E-state index contributed by atoms with van der Waals surface area (Å²) in [6.45, 7) is 7.74. The van der Waals surface area contributed by atoms with Crippen molar-refractivity contribution in [1.82, 2.24) is 14.5 Å². The molecule has 0 saturated carbocycles. The van der Waals surface area contributed by atoms with E-state index in [0.717, 1.165) is 23.1 Å². The highest BCUT2D eigenvalue weighted by atomic mass is 16.1. The first-order valence-electron chi connectivity index (χ1n) is 6.95. The third-order valence-corrected chi connectivity index (χ3v) is 3.37. The van der Waals surface area contributed by atoms with Crippen molar-refractivity contribution in [2.45, 2.75) is 40.2 Å². The first-order valence-corrected chi connectivity index (χ1v) is 6.95. The van der Waals surface area contributed by atoms with Gasteiger partial charge in [0.2, 0.25) is 0 Å². The third kappa shape index (κ3) is 3.70. The molecule has 2 rings (SSSR count). The quantitative estimate of drug-likeness (QED) is 0.872. The van der Waals surface area contributed by atoms with E-state index in [2.05, 4.69) is 36.7 Å². The largest absolute Gasteiger partial charge is 0.348 e. The van der Waals surface area contributed by atoms with Gasteiger partial charge in [-0.15, -0.1) is 0 Å². The Kier molecular flexibility index (Phi) is 5.29. The molecule has 0 fully saturated rings. The summed E-state index contributed by atoms with van der Waals surface area (Å²) >= 11 is 0. The lowest BCUT2D eigenvalue weighted by atomic mass is 9.89. The number of rotatable bonds is 3. The van der Waals surface area contributed by atoms with Crippen LogP contribution in [0.1, 0.15) is 33.9 Å². The summed E-state index contributed by atoms with van der Waals surface area (Å²) in [5.41, 5.74) is 1.55. The van der Waals surface area contributed by atoms with Crippen LogP contribution < -0.4 is 5.69 Å². The summed E-state index contributed by atoms with van der Waals surface area (Å²) in [7, 11) is 4.01. The van der Waals surface area contributed by atoms with E-state index in [9.17, 15) is 4.79 Å². The monoisotopic (exact) mass is 289 g/mol. The van der Waals surface area contributed by atoms with Crippen LogP contribution in [0.2, 0.25) is 0 Å². The van der Waals surface area contributed by atoms with E-state index >= 15 is 0 Å². The van der Waals surface area contributed by atoms with Crippen molar-refractivity contribution in [2.24, 2.45) is 0 Å². The Balaban J connectivity index is 0.00000220. The second-order valence-electron chi connectivity index (χ2n) is 6.47. The fraction of sp³-hybridized carbons (Fsp3) is 0.529. The molecular weight excluding hydrogens is 262 g/mol. The van der Waals surface area contributed by atoms with Gasteiger partial charge >= 0.3 is 5.69 Å². The van der Waals surface area contributed by atoms with Gasteiger partial charge in [-0.05, 0) is 20.2 Å². The van der Waals surface area contributed by atoms with Crippen LogP contribution in [0.4, 0.5) is 0 Å². The number of fused-ring (bicyclic) bond motifs is 1. The van der Waals surface area contributed by atoms with Gasteiger partial charge in [0.25, 0.3) is 0 Å². The number of benzene rings is 1. The van der Waals surface area contributed by atoms with Crippen molar-refractivity contribution in [3.63, 3.8) is 0 Å². The smallest absolute Gasteiger partial charge is 0.308 e. The molecule has 1 aromatic carbocycles. The van der Waals surface area contributed by atoms with Gasteiger partial charge in [-0.3, -0.25) is 4.57 Å². The van der Waals surface area contributed by atoms with Gasteiger partial charge < -0.3 is 4.90 Å². The minimum absolute atomic E-state index is 0. The highest BCUT2D eigenvalue weighted by Gasteiger charge is 2.21. The average molecular weight is 289 g/mol. The maximum atomic E-state index is 12.3. The minimum atomic E-state index is -0.157. The second kappa shape index (κ2) is 6.39. The molecule has 0 saturated heterocycles. The third-order valence-electron chi connectivity index (χ3n) is 3.37. The van der Waals surface area contributed by atoms with Crippen LogP contribution in [-0.2, 0) is 12.0 Å². The Morgan fingerprint density at radius 1 is 1.19 bits per heavy atom. The number of nitrogens with zero attached hydrogens (tertiary/aromatic N) is 3. The SMILES string of the molecule is C.CN(C)CCn1c(=O)nc(C(C)(C)C)c2ccccc21. The standard InChI is InChI=1S/C16H23N3O.CH4/c1-16(2,3)14-12-8-6-7-9-13(12)19(15(20)17-14)11-10-18(4)5;/h6-9H,10-11H2,1-5H3;1H4. The van der Waals surface area contributed by atoms with Gasteiger partial charge in [0.1, 0.15) is 0 Å². The highest BCUT2D eigenvalue weighted by molar-refractivity contribution is 5.82. The normalized spacial score (nSPS) is 11.7. The van der Waals surface area contributed by atoms with E-state index in [1.54, 1.807) is 4.57 Å². The summed E-state index contributed by atoms with van der Waals surface area (Å²) in [6, 6.07) is 8.03. The lowest BCUT2D eigenvalue weighted by molar-refractivity contribution is 0.382. The summed E-state index contributed by atoms with van der Waals surface area (Å²) in [5, 5.41) is 1.07. The van der Waals surface area contributed by atoms with Crippen LogP contribution in [0.15, 0.2) is 29.1 Å². The minimum Gasteiger partial charge on any atom is -0.308 e. The zero-order valence-electron chi connectivity index (χ0n) is 13.0. The molecule has 116 valence electrons. The molecule has 21 heavy (non-hydrogen) atoms. The maximum Gasteiger partial charge on any atom is 0.348 e. The van der Waals surface area contributed by atoms with E-state index < -0.39 is 0 Å². The molecule has 0 bridgehead atoms. The average Bonchev–Trinajstić information content (AvgIpc) is 2.35. The number of hydrogen-bond donors (Lipinski definition) is 0. The molecule has 0 atom stereocenters. The van der Waals surface area contributed by atoms with E-state index in [1.165, 1.54) is 0 Å².